The number of hydrogen-bond donors (Lipinski definition) is 2. The predicted molar refractivity (Wildman–Crippen MR) is 88.0 cm³/mol. The van der Waals surface area contributed by atoms with Crippen LogP contribution in [0.1, 0.15) is 63.3 Å². The standard InChI is InChI=1S/C17H28N4O/c1-3-4-5-13-6-8-14(9-7-13)17(22)20-11-15-10-19-12(2)21-16(15)18/h10,13-14H,3-9,11H2,1-2H3,(H,20,22)(H2,18,19,21). The molecule has 2 rings (SSSR count). The average molecular weight is 304 g/mol. The van der Waals surface area contributed by atoms with Gasteiger partial charge in [0.25, 0.3) is 0 Å². The van der Waals surface area contributed by atoms with E-state index < -0.39 is 0 Å². The summed E-state index contributed by atoms with van der Waals surface area (Å²) in [5, 5.41) is 2.99. The van der Waals surface area contributed by atoms with Gasteiger partial charge in [-0.15, -0.1) is 0 Å². The number of unbranched alkanes of at least 4 members (excludes halogenated alkanes) is 1. The minimum absolute atomic E-state index is 0.147. The van der Waals surface area contributed by atoms with Crippen LogP contribution in [0.2, 0.25) is 0 Å². The highest BCUT2D eigenvalue weighted by Gasteiger charge is 2.25. The maximum Gasteiger partial charge on any atom is 0.223 e. The van der Waals surface area contributed by atoms with Gasteiger partial charge in [-0.05, 0) is 38.5 Å². The lowest BCUT2D eigenvalue weighted by Crippen LogP contribution is -2.33. The Morgan fingerprint density at radius 3 is 2.73 bits per heavy atom. The Balaban J connectivity index is 1.76. The second-order valence-electron chi connectivity index (χ2n) is 6.41. The van der Waals surface area contributed by atoms with Crippen LogP contribution in [0.15, 0.2) is 6.20 Å². The van der Waals surface area contributed by atoms with E-state index in [-0.39, 0.29) is 11.8 Å². The Morgan fingerprint density at radius 2 is 2.09 bits per heavy atom. The third-order valence-corrected chi connectivity index (χ3v) is 4.66. The summed E-state index contributed by atoms with van der Waals surface area (Å²) in [6, 6.07) is 0. The van der Waals surface area contributed by atoms with Gasteiger partial charge in [0.1, 0.15) is 11.6 Å². The van der Waals surface area contributed by atoms with Gasteiger partial charge in [-0.25, -0.2) is 9.97 Å². The topological polar surface area (TPSA) is 80.9 Å². The van der Waals surface area contributed by atoms with Gasteiger partial charge in [-0.3, -0.25) is 4.79 Å². The number of nitrogen functional groups attached to an aromatic ring is 1. The lowest BCUT2D eigenvalue weighted by atomic mass is 9.79. The van der Waals surface area contributed by atoms with Gasteiger partial charge in [0.2, 0.25) is 5.91 Å². The van der Waals surface area contributed by atoms with E-state index in [0.29, 0.717) is 18.2 Å². The number of hydrogen-bond acceptors (Lipinski definition) is 4. The Labute approximate surface area is 133 Å². The molecule has 1 aliphatic rings. The monoisotopic (exact) mass is 304 g/mol. The quantitative estimate of drug-likeness (QED) is 0.846. The Morgan fingerprint density at radius 1 is 1.36 bits per heavy atom. The van der Waals surface area contributed by atoms with E-state index >= 15 is 0 Å². The van der Waals surface area contributed by atoms with Gasteiger partial charge in [0, 0.05) is 24.2 Å². The number of rotatable bonds is 6. The number of nitrogens with two attached hydrogens (primary N) is 1. The lowest BCUT2D eigenvalue weighted by molar-refractivity contribution is -0.126. The first-order chi connectivity index (χ1) is 10.6. The van der Waals surface area contributed by atoms with E-state index in [9.17, 15) is 4.79 Å². The van der Waals surface area contributed by atoms with Crippen molar-refractivity contribution < 1.29 is 4.79 Å². The van der Waals surface area contributed by atoms with Crippen LogP contribution in [0.3, 0.4) is 0 Å². The number of nitrogens with one attached hydrogen (secondary N) is 1. The van der Waals surface area contributed by atoms with Crippen molar-refractivity contribution in [3.8, 4) is 0 Å². The average Bonchev–Trinajstić information content (AvgIpc) is 2.52. The van der Waals surface area contributed by atoms with E-state index in [1.54, 1.807) is 13.1 Å². The van der Waals surface area contributed by atoms with Crippen molar-refractivity contribution in [3.63, 3.8) is 0 Å². The zero-order valence-electron chi connectivity index (χ0n) is 13.8. The summed E-state index contributed by atoms with van der Waals surface area (Å²) in [6.07, 6.45) is 10.00. The molecule has 122 valence electrons. The summed E-state index contributed by atoms with van der Waals surface area (Å²) in [7, 11) is 0. The summed E-state index contributed by atoms with van der Waals surface area (Å²) >= 11 is 0. The Kier molecular flexibility index (Phi) is 6.16. The summed E-state index contributed by atoms with van der Waals surface area (Å²) < 4.78 is 0. The third kappa shape index (κ3) is 4.68. The van der Waals surface area contributed by atoms with Crippen LogP contribution < -0.4 is 11.1 Å². The zero-order chi connectivity index (χ0) is 15.9. The zero-order valence-corrected chi connectivity index (χ0v) is 13.8. The molecule has 5 nitrogen and oxygen atoms in total. The van der Waals surface area contributed by atoms with Gasteiger partial charge in [0.15, 0.2) is 0 Å². The van der Waals surface area contributed by atoms with Crippen molar-refractivity contribution in [3.05, 3.63) is 17.6 Å². The normalized spacial score (nSPS) is 21.5. The summed E-state index contributed by atoms with van der Waals surface area (Å²) in [5.41, 5.74) is 6.64. The molecule has 0 saturated heterocycles. The van der Waals surface area contributed by atoms with E-state index in [1.807, 2.05) is 0 Å². The fraction of sp³-hybridized carbons (Fsp3) is 0.706. The Hall–Kier alpha value is -1.65. The second kappa shape index (κ2) is 8.11. The van der Waals surface area contributed by atoms with Crippen LogP contribution in [0, 0.1) is 18.8 Å². The number of aromatic nitrogens is 2. The number of nitrogens with zero attached hydrogens (tertiary/aromatic N) is 2. The first kappa shape index (κ1) is 16.7. The van der Waals surface area contributed by atoms with Crippen molar-refractivity contribution in [2.45, 2.75) is 65.3 Å². The van der Waals surface area contributed by atoms with E-state index in [1.165, 1.54) is 32.1 Å². The van der Waals surface area contributed by atoms with Gasteiger partial charge >= 0.3 is 0 Å². The summed E-state index contributed by atoms with van der Waals surface area (Å²) in [5.74, 6) is 2.23. The van der Waals surface area contributed by atoms with Crippen molar-refractivity contribution >= 4 is 11.7 Å². The van der Waals surface area contributed by atoms with Crippen LogP contribution in [-0.4, -0.2) is 15.9 Å². The maximum atomic E-state index is 12.3. The molecular formula is C17H28N4O. The van der Waals surface area contributed by atoms with Crippen molar-refractivity contribution in [2.75, 3.05) is 5.73 Å². The molecule has 5 heteroatoms. The predicted octanol–water partition coefficient (Wildman–Crippen LogP) is 2.98. The molecule has 0 radical (unpaired) electrons. The number of carbonyl (C=O) groups is 1. The highest BCUT2D eigenvalue weighted by molar-refractivity contribution is 5.78. The number of carbonyl (C=O) groups excluding carboxylic acids is 1. The van der Waals surface area contributed by atoms with Crippen LogP contribution >= 0.6 is 0 Å². The largest absolute Gasteiger partial charge is 0.383 e. The van der Waals surface area contributed by atoms with E-state index in [2.05, 4.69) is 22.2 Å². The SMILES string of the molecule is CCCCC1CCC(C(=O)NCc2cnc(C)nc2N)CC1. The smallest absolute Gasteiger partial charge is 0.223 e. The van der Waals surface area contributed by atoms with Crippen LogP contribution in [0.4, 0.5) is 5.82 Å². The van der Waals surface area contributed by atoms with Crippen LogP contribution in [0.5, 0.6) is 0 Å². The minimum atomic E-state index is 0.147. The molecule has 1 amide bonds. The van der Waals surface area contributed by atoms with Gasteiger partial charge in [0.05, 0.1) is 0 Å². The lowest BCUT2D eigenvalue weighted by Gasteiger charge is -2.27. The first-order valence-corrected chi connectivity index (χ1v) is 8.45. The summed E-state index contributed by atoms with van der Waals surface area (Å²) in [6.45, 7) is 4.45. The molecule has 1 fully saturated rings. The Bertz CT molecular complexity index is 495. The summed E-state index contributed by atoms with van der Waals surface area (Å²) in [4.78, 5) is 20.5. The molecule has 1 aliphatic carbocycles. The molecule has 0 aromatic carbocycles. The van der Waals surface area contributed by atoms with E-state index in [4.69, 9.17) is 5.73 Å². The van der Waals surface area contributed by atoms with Gasteiger partial charge in [-0.1, -0.05) is 26.2 Å². The first-order valence-electron chi connectivity index (χ1n) is 8.45. The third-order valence-electron chi connectivity index (χ3n) is 4.66. The molecule has 1 saturated carbocycles. The fourth-order valence-corrected chi connectivity index (χ4v) is 3.18. The van der Waals surface area contributed by atoms with Crippen molar-refractivity contribution in [2.24, 2.45) is 11.8 Å². The van der Waals surface area contributed by atoms with Crippen molar-refractivity contribution in [1.82, 2.24) is 15.3 Å². The number of anilines is 1. The fourth-order valence-electron chi connectivity index (χ4n) is 3.18. The van der Waals surface area contributed by atoms with Gasteiger partial charge in [-0.2, -0.15) is 0 Å². The molecule has 3 N–H and O–H groups in total. The highest BCUT2D eigenvalue weighted by Crippen LogP contribution is 2.32. The molecule has 0 bridgehead atoms. The molecule has 22 heavy (non-hydrogen) atoms. The van der Waals surface area contributed by atoms with Gasteiger partial charge < -0.3 is 11.1 Å². The molecule has 1 aromatic heterocycles. The minimum Gasteiger partial charge on any atom is -0.383 e. The highest BCUT2D eigenvalue weighted by atomic mass is 16.1. The molecule has 0 aliphatic heterocycles. The molecular weight excluding hydrogens is 276 g/mol. The molecule has 0 atom stereocenters. The molecule has 1 heterocycles. The van der Waals surface area contributed by atoms with Crippen LogP contribution in [0.25, 0.3) is 0 Å². The van der Waals surface area contributed by atoms with Crippen LogP contribution in [-0.2, 0) is 11.3 Å². The van der Waals surface area contributed by atoms with E-state index in [0.717, 1.165) is 24.3 Å². The number of amides is 1. The molecule has 1 aromatic rings. The molecule has 0 spiro atoms. The maximum absolute atomic E-state index is 12.3. The van der Waals surface area contributed by atoms with Crippen molar-refractivity contribution in [1.29, 1.82) is 0 Å². The second-order valence-corrected chi connectivity index (χ2v) is 6.41. The number of aryl methyl sites for hydroxylation is 1. The molecule has 0 unspecified atom stereocenters.